The first kappa shape index (κ1) is 23.3. The average molecular weight is 422 g/mol. The highest BCUT2D eigenvalue weighted by Gasteiger charge is 2.19. The molecule has 1 N–H and O–H groups in total. The number of ether oxygens (including phenoxy) is 3. The van der Waals surface area contributed by atoms with Crippen molar-refractivity contribution >= 4 is 10.8 Å². The molecule has 11 heteroatoms. The van der Waals surface area contributed by atoms with Crippen LogP contribution in [0.1, 0.15) is 11.4 Å². The first-order valence-electron chi connectivity index (χ1n) is 9.67. The van der Waals surface area contributed by atoms with Crippen LogP contribution < -0.4 is 5.32 Å². The molecule has 9 nitrogen and oxygen atoms in total. The molecule has 0 aliphatic carbocycles. The molecule has 28 heavy (non-hydrogen) atoms. The van der Waals surface area contributed by atoms with Gasteiger partial charge in [0, 0.05) is 48.5 Å². The van der Waals surface area contributed by atoms with E-state index in [1.54, 1.807) is 4.68 Å². The third-order valence-corrected chi connectivity index (χ3v) is 5.65. The highest BCUT2D eigenvalue weighted by Crippen LogP contribution is 2.12. The van der Waals surface area contributed by atoms with E-state index in [4.69, 9.17) is 14.2 Å². The molecular weight excluding hydrogens is 389 g/mol. The largest absolute Gasteiger partial charge is 0.378 e. The van der Waals surface area contributed by atoms with Gasteiger partial charge < -0.3 is 19.5 Å². The molecule has 0 aromatic carbocycles. The van der Waals surface area contributed by atoms with Crippen molar-refractivity contribution in [3.8, 4) is 0 Å². The zero-order chi connectivity index (χ0) is 20.0. The number of alkyl halides is 1. The van der Waals surface area contributed by atoms with Crippen LogP contribution in [0.2, 0.25) is 0 Å². The normalized spacial score (nSPS) is 16.1. The lowest BCUT2D eigenvalue weighted by molar-refractivity contribution is 0.0133. The Kier molecular flexibility index (Phi) is 11.7. The number of rotatable bonds is 15. The fraction of sp³-hybridized carbons (Fsp3) is 0.882. The molecule has 1 aromatic heterocycles. The number of halogens is 1. The molecule has 162 valence electrons. The van der Waals surface area contributed by atoms with Crippen LogP contribution in [0.25, 0.3) is 0 Å². The molecule has 0 unspecified atom stereocenters. The number of hydrogen-bond donors (Lipinski definition) is 1. The van der Waals surface area contributed by atoms with Crippen LogP contribution >= 0.6 is 0 Å². The van der Waals surface area contributed by atoms with Gasteiger partial charge in [0.05, 0.1) is 51.9 Å². The van der Waals surface area contributed by atoms with E-state index in [2.05, 4.69) is 20.5 Å². The summed E-state index contributed by atoms with van der Waals surface area (Å²) in [5.74, 6) is 1.33. The van der Waals surface area contributed by atoms with E-state index in [9.17, 15) is 8.60 Å². The zero-order valence-electron chi connectivity index (χ0n) is 16.6. The zero-order valence-corrected chi connectivity index (χ0v) is 17.4. The molecule has 1 saturated heterocycles. The summed E-state index contributed by atoms with van der Waals surface area (Å²) in [7, 11) is 1.16. The lowest BCUT2D eigenvalue weighted by Gasteiger charge is -2.25. The van der Waals surface area contributed by atoms with Crippen molar-refractivity contribution in [1.29, 1.82) is 0 Å². The van der Waals surface area contributed by atoms with Gasteiger partial charge in [-0.25, -0.2) is 9.07 Å². The second-order valence-electron chi connectivity index (χ2n) is 6.40. The van der Waals surface area contributed by atoms with Gasteiger partial charge in [-0.2, -0.15) is 0 Å². The number of hydrogen-bond acceptors (Lipinski definition) is 8. The van der Waals surface area contributed by atoms with Crippen LogP contribution in [0.4, 0.5) is 4.39 Å². The highest BCUT2D eigenvalue weighted by molar-refractivity contribution is 7.85. The summed E-state index contributed by atoms with van der Waals surface area (Å²) >= 11 is 0. The van der Waals surface area contributed by atoms with E-state index in [0.717, 1.165) is 19.6 Å². The van der Waals surface area contributed by atoms with Crippen molar-refractivity contribution in [1.82, 2.24) is 25.2 Å². The van der Waals surface area contributed by atoms with Gasteiger partial charge in [0.25, 0.3) is 0 Å². The van der Waals surface area contributed by atoms with E-state index in [1.807, 2.05) is 7.05 Å². The smallest absolute Gasteiger partial charge is 0.133 e. The number of likely N-dealkylation sites (N-methyl/N-ethyl adjacent to an activating group) is 1. The Hall–Kier alpha value is -0.980. The van der Waals surface area contributed by atoms with Crippen molar-refractivity contribution in [2.45, 2.75) is 19.8 Å². The summed E-state index contributed by atoms with van der Waals surface area (Å²) < 4.78 is 42.8. The van der Waals surface area contributed by atoms with Crippen LogP contribution in [0, 0.1) is 0 Å². The van der Waals surface area contributed by atoms with Gasteiger partial charge in [-0.15, -0.1) is 5.10 Å². The third kappa shape index (κ3) is 8.58. The van der Waals surface area contributed by atoms with Crippen molar-refractivity contribution in [3.05, 3.63) is 11.4 Å². The minimum Gasteiger partial charge on any atom is -0.378 e. The molecule has 0 atom stereocenters. The Bertz CT molecular complexity index is 568. The van der Waals surface area contributed by atoms with Crippen LogP contribution in [0.3, 0.4) is 0 Å². The highest BCUT2D eigenvalue weighted by atomic mass is 32.2. The standard InChI is InChI=1S/C17H32FN5O4S/c1-19-2-6-25-8-10-27-11-9-26-7-3-23-17(14-18)16(20-21-23)15-22-4-12-28(24)13-5-22/h19H,2-15H2,1H3. The average Bonchev–Trinajstić information content (AvgIpc) is 3.09. The first-order valence-corrected chi connectivity index (χ1v) is 11.2. The number of aromatic nitrogens is 3. The predicted molar refractivity (Wildman–Crippen MR) is 104 cm³/mol. The quantitative estimate of drug-likeness (QED) is 0.382. The van der Waals surface area contributed by atoms with Crippen LogP contribution in [0.5, 0.6) is 0 Å². The maximum Gasteiger partial charge on any atom is 0.133 e. The summed E-state index contributed by atoms with van der Waals surface area (Å²) in [5.41, 5.74) is 1.14. The Morgan fingerprint density at radius 3 is 2.36 bits per heavy atom. The fourth-order valence-electron chi connectivity index (χ4n) is 2.73. The molecule has 0 spiro atoms. The molecule has 1 aromatic rings. The summed E-state index contributed by atoms with van der Waals surface area (Å²) in [6, 6.07) is 0. The summed E-state index contributed by atoms with van der Waals surface area (Å²) in [5, 5.41) is 11.2. The first-order chi connectivity index (χ1) is 13.7. The number of nitrogens with one attached hydrogen (secondary N) is 1. The van der Waals surface area contributed by atoms with Crippen LogP contribution in [-0.4, -0.2) is 102 Å². The fourth-order valence-corrected chi connectivity index (χ4v) is 3.86. The third-order valence-electron chi connectivity index (χ3n) is 4.38. The molecule has 0 saturated carbocycles. The number of nitrogens with zero attached hydrogens (tertiary/aromatic N) is 4. The monoisotopic (exact) mass is 421 g/mol. The van der Waals surface area contributed by atoms with Gasteiger partial charge in [-0.05, 0) is 7.05 Å². The maximum absolute atomic E-state index is 13.5. The summed E-state index contributed by atoms with van der Waals surface area (Å²) in [6.45, 7) is 5.84. The topological polar surface area (TPSA) is 90.7 Å². The van der Waals surface area contributed by atoms with Crippen LogP contribution in [-0.2, 0) is 44.8 Å². The minimum absolute atomic E-state index is 0.417. The van der Waals surface area contributed by atoms with Crippen molar-refractivity contribution in [3.63, 3.8) is 0 Å². The second-order valence-corrected chi connectivity index (χ2v) is 8.10. The predicted octanol–water partition coefficient (Wildman–Crippen LogP) is -0.419. The van der Waals surface area contributed by atoms with E-state index < -0.39 is 17.5 Å². The van der Waals surface area contributed by atoms with Gasteiger partial charge in [0.2, 0.25) is 0 Å². The van der Waals surface area contributed by atoms with E-state index in [-0.39, 0.29) is 0 Å². The molecule has 1 aliphatic rings. The summed E-state index contributed by atoms with van der Waals surface area (Å²) in [4.78, 5) is 2.14. The molecular formula is C17H32FN5O4S. The Morgan fingerprint density at radius 2 is 1.71 bits per heavy atom. The molecule has 0 amide bonds. The van der Waals surface area contributed by atoms with Gasteiger partial charge in [-0.3, -0.25) is 9.11 Å². The van der Waals surface area contributed by atoms with Crippen molar-refractivity contribution < 1.29 is 22.8 Å². The molecule has 2 rings (SSSR count). The van der Waals surface area contributed by atoms with Gasteiger partial charge >= 0.3 is 0 Å². The van der Waals surface area contributed by atoms with E-state index in [1.165, 1.54) is 0 Å². The Labute approximate surface area is 168 Å². The Balaban J connectivity index is 1.58. The molecule has 0 bridgehead atoms. The Morgan fingerprint density at radius 1 is 1.07 bits per heavy atom. The molecule has 2 heterocycles. The van der Waals surface area contributed by atoms with E-state index in [0.29, 0.717) is 75.6 Å². The van der Waals surface area contributed by atoms with E-state index >= 15 is 0 Å². The maximum atomic E-state index is 13.5. The van der Waals surface area contributed by atoms with Gasteiger partial charge in [-0.1, -0.05) is 5.21 Å². The SMILES string of the molecule is CNCCOCCOCCOCCn1nnc(CN2CCS(=O)CC2)c1CF. The van der Waals surface area contributed by atoms with Crippen molar-refractivity contribution in [2.24, 2.45) is 0 Å². The molecule has 1 fully saturated rings. The lowest BCUT2D eigenvalue weighted by Crippen LogP contribution is -2.37. The second kappa shape index (κ2) is 14.1. The van der Waals surface area contributed by atoms with Gasteiger partial charge in [0.15, 0.2) is 0 Å². The molecule has 0 radical (unpaired) electrons. The van der Waals surface area contributed by atoms with Gasteiger partial charge in [0.1, 0.15) is 12.4 Å². The van der Waals surface area contributed by atoms with Crippen molar-refractivity contribution in [2.75, 3.05) is 77.8 Å². The lowest BCUT2D eigenvalue weighted by atomic mass is 10.3. The minimum atomic E-state index is -0.725. The molecule has 1 aliphatic heterocycles. The summed E-state index contributed by atoms with van der Waals surface area (Å²) in [6.07, 6.45) is 0. The van der Waals surface area contributed by atoms with Crippen LogP contribution in [0.15, 0.2) is 0 Å².